The molecule has 6 rings (SSSR count). The zero-order valence-corrected chi connectivity index (χ0v) is 22.3. The summed E-state index contributed by atoms with van der Waals surface area (Å²) in [6.45, 7) is 1.80. The van der Waals surface area contributed by atoms with Gasteiger partial charge in [-0.05, 0) is 55.5 Å². The molecule has 5 aromatic rings. The van der Waals surface area contributed by atoms with E-state index >= 15 is 0 Å². The van der Waals surface area contributed by atoms with E-state index in [2.05, 4.69) is 27.6 Å². The van der Waals surface area contributed by atoms with Crippen molar-refractivity contribution in [1.29, 1.82) is 0 Å². The van der Waals surface area contributed by atoms with Gasteiger partial charge in [0.15, 0.2) is 11.5 Å². The quantitative estimate of drug-likeness (QED) is 0.314. The third-order valence-corrected chi connectivity index (χ3v) is 7.55. The molecule has 1 aliphatic rings. The molecule has 0 saturated heterocycles. The number of nitrogens with one attached hydrogen (secondary N) is 1. The van der Waals surface area contributed by atoms with Crippen LogP contribution in [0, 0.1) is 5.92 Å². The molecular weight excluding hydrogens is 502 g/mol. The fourth-order valence-corrected chi connectivity index (χ4v) is 5.55. The van der Waals surface area contributed by atoms with Crippen LogP contribution in [0.3, 0.4) is 0 Å². The van der Waals surface area contributed by atoms with Gasteiger partial charge in [0.2, 0.25) is 0 Å². The van der Waals surface area contributed by atoms with E-state index in [0.29, 0.717) is 34.0 Å². The average molecular weight is 534 g/mol. The number of nitrogen functional groups attached to an aromatic ring is 1. The minimum absolute atomic E-state index is 0.0738. The Balaban J connectivity index is 1.44. The van der Waals surface area contributed by atoms with Crippen LogP contribution < -0.4 is 16.6 Å². The number of benzene rings is 2. The third-order valence-electron chi connectivity index (χ3n) is 7.55. The number of nitrogens with zero attached hydrogens (tertiary/aromatic N) is 5. The lowest BCUT2D eigenvalue weighted by Gasteiger charge is -2.20. The van der Waals surface area contributed by atoms with Crippen molar-refractivity contribution in [2.45, 2.75) is 45.1 Å². The number of hydrogen-bond donors (Lipinski definition) is 2. The lowest BCUT2D eigenvalue weighted by molar-refractivity contribution is 0.0940. The summed E-state index contributed by atoms with van der Waals surface area (Å²) in [5, 5.41) is 7.71. The van der Waals surface area contributed by atoms with Crippen LogP contribution in [-0.4, -0.2) is 30.1 Å². The fraction of sp³-hybridized carbons (Fsp3) is 0.258. The van der Waals surface area contributed by atoms with Gasteiger partial charge in [-0.3, -0.25) is 14.2 Å². The van der Waals surface area contributed by atoms with Gasteiger partial charge in [-0.15, -0.1) is 5.10 Å². The van der Waals surface area contributed by atoms with E-state index in [1.54, 1.807) is 30.0 Å². The van der Waals surface area contributed by atoms with Gasteiger partial charge in [-0.1, -0.05) is 61.7 Å². The van der Waals surface area contributed by atoms with E-state index in [-0.39, 0.29) is 16.9 Å². The van der Waals surface area contributed by atoms with Crippen molar-refractivity contribution in [3.8, 4) is 5.69 Å². The van der Waals surface area contributed by atoms with Crippen LogP contribution in [0.1, 0.15) is 66.8 Å². The number of allylic oxidation sites excluding steroid dienone is 1. The Morgan fingerprint density at radius 3 is 2.67 bits per heavy atom. The smallest absolute Gasteiger partial charge is 0.266 e. The molecule has 3 heterocycles. The first kappa shape index (κ1) is 25.5. The molecule has 40 heavy (non-hydrogen) atoms. The monoisotopic (exact) mass is 533 g/mol. The van der Waals surface area contributed by atoms with Gasteiger partial charge in [0, 0.05) is 12.4 Å². The lowest BCUT2D eigenvalue weighted by atomic mass is 9.88. The normalized spacial score (nSPS) is 15.1. The summed E-state index contributed by atoms with van der Waals surface area (Å²) in [5.74, 6) is 0.569. The van der Waals surface area contributed by atoms with Crippen LogP contribution in [0.25, 0.3) is 28.3 Å². The Hall–Kier alpha value is -4.79. The van der Waals surface area contributed by atoms with Gasteiger partial charge < -0.3 is 11.1 Å². The molecule has 1 aliphatic carbocycles. The molecule has 0 aliphatic heterocycles. The molecule has 3 N–H and O–H groups in total. The Morgan fingerprint density at radius 1 is 1.07 bits per heavy atom. The number of carbonyl (C=O) groups is 1. The highest BCUT2D eigenvalue weighted by atomic mass is 16.2. The van der Waals surface area contributed by atoms with Gasteiger partial charge in [0.25, 0.3) is 11.5 Å². The summed E-state index contributed by atoms with van der Waals surface area (Å²) in [7, 11) is 0. The van der Waals surface area contributed by atoms with Crippen LogP contribution in [0.4, 0.5) is 5.82 Å². The van der Waals surface area contributed by atoms with E-state index in [1.165, 1.54) is 36.6 Å². The second kappa shape index (κ2) is 10.8. The van der Waals surface area contributed by atoms with Crippen LogP contribution in [0.5, 0.6) is 0 Å². The number of anilines is 1. The summed E-state index contributed by atoms with van der Waals surface area (Å²) in [4.78, 5) is 36.8. The van der Waals surface area contributed by atoms with Crippen molar-refractivity contribution in [3.05, 3.63) is 100 Å². The average Bonchev–Trinajstić information content (AvgIpc) is 3.32. The van der Waals surface area contributed by atoms with Gasteiger partial charge in [-0.2, -0.15) is 0 Å². The zero-order valence-electron chi connectivity index (χ0n) is 22.3. The van der Waals surface area contributed by atoms with Crippen molar-refractivity contribution in [2.24, 2.45) is 5.92 Å². The molecule has 0 radical (unpaired) electrons. The number of rotatable bonds is 6. The van der Waals surface area contributed by atoms with Gasteiger partial charge in [-0.25, -0.2) is 14.5 Å². The molecule has 202 valence electrons. The first-order valence-electron chi connectivity index (χ1n) is 13.7. The number of hydrogen-bond acceptors (Lipinski definition) is 6. The Kier molecular flexibility index (Phi) is 6.86. The molecule has 1 saturated carbocycles. The molecule has 9 heteroatoms. The maximum absolute atomic E-state index is 14.2. The molecule has 0 bridgehead atoms. The largest absolute Gasteiger partial charge is 0.381 e. The number of nitrogens with two attached hydrogens (primary N) is 1. The van der Waals surface area contributed by atoms with Crippen LogP contribution in [0.2, 0.25) is 0 Å². The van der Waals surface area contributed by atoms with Gasteiger partial charge in [0.1, 0.15) is 11.4 Å². The second-order valence-corrected chi connectivity index (χ2v) is 10.3. The molecule has 2 aromatic carbocycles. The van der Waals surface area contributed by atoms with E-state index in [0.717, 1.165) is 5.56 Å². The zero-order chi connectivity index (χ0) is 27.6. The van der Waals surface area contributed by atoms with Crippen molar-refractivity contribution in [2.75, 3.05) is 5.73 Å². The molecule has 1 amide bonds. The number of para-hydroxylation sites is 1. The summed E-state index contributed by atoms with van der Waals surface area (Å²) >= 11 is 0. The van der Waals surface area contributed by atoms with E-state index in [4.69, 9.17) is 10.7 Å². The Bertz CT molecular complexity index is 1780. The summed E-state index contributed by atoms with van der Waals surface area (Å²) in [6.07, 6.45) is 13.7. The highest BCUT2D eigenvalue weighted by molar-refractivity contribution is 6.04. The van der Waals surface area contributed by atoms with E-state index < -0.39 is 11.9 Å². The topological polar surface area (TPSA) is 120 Å². The van der Waals surface area contributed by atoms with Crippen molar-refractivity contribution < 1.29 is 4.79 Å². The maximum atomic E-state index is 14.2. The predicted molar refractivity (Wildman–Crippen MR) is 156 cm³/mol. The maximum Gasteiger partial charge on any atom is 0.266 e. The number of fused-ring (bicyclic) bond motifs is 2. The Labute approximate surface area is 231 Å². The van der Waals surface area contributed by atoms with Crippen molar-refractivity contribution in [3.63, 3.8) is 0 Å². The van der Waals surface area contributed by atoms with Crippen molar-refractivity contribution in [1.82, 2.24) is 29.5 Å². The first-order valence-corrected chi connectivity index (χ1v) is 13.7. The van der Waals surface area contributed by atoms with E-state index in [1.807, 2.05) is 48.5 Å². The summed E-state index contributed by atoms with van der Waals surface area (Å²) in [5.41, 5.74) is 8.51. The number of aromatic nitrogens is 5. The van der Waals surface area contributed by atoms with Gasteiger partial charge >= 0.3 is 0 Å². The third kappa shape index (κ3) is 4.75. The van der Waals surface area contributed by atoms with Crippen molar-refractivity contribution >= 4 is 34.4 Å². The molecule has 1 fully saturated rings. The minimum Gasteiger partial charge on any atom is -0.381 e. The molecule has 1 atom stereocenters. The standard InChI is InChI=1S/C31H31N7O2/c1-20(34-30(39)26-27(32)36-37-19-9-18-33-29(26)37)28-35-24-15-8-12-22(17-16-21-10-4-2-5-11-21)25(24)31(40)38(28)23-13-6-3-7-14-23/h3,6-9,12-21H,2,4-5,10-11H2,1H3,(H2,32,36)(H,34,39)/t20-/m1/s1. The minimum atomic E-state index is -0.635. The SMILES string of the molecule is C[C@@H](NC(=O)c1c(N)nn2cccnc12)c1nc2cccc(C=CC3CCCCC3)c2c(=O)n1-c1ccccc1. The number of amides is 1. The highest BCUT2D eigenvalue weighted by Crippen LogP contribution is 2.27. The predicted octanol–water partition coefficient (Wildman–Crippen LogP) is 5.10. The van der Waals surface area contributed by atoms with E-state index in [9.17, 15) is 9.59 Å². The lowest BCUT2D eigenvalue weighted by Crippen LogP contribution is -2.33. The van der Waals surface area contributed by atoms with Crippen LogP contribution >= 0.6 is 0 Å². The molecular formula is C31H31N7O2. The summed E-state index contributed by atoms with van der Waals surface area (Å²) < 4.78 is 3.05. The molecule has 0 spiro atoms. The fourth-order valence-electron chi connectivity index (χ4n) is 5.55. The summed E-state index contributed by atoms with van der Waals surface area (Å²) in [6, 6.07) is 16.2. The van der Waals surface area contributed by atoms with Crippen LogP contribution in [0.15, 0.2) is 77.9 Å². The second-order valence-electron chi connectivity index (χ2n) is 10.3. The Morgan fingerprint density at radius 2 is 1.88 bits per heavy atom. The highest BCUT2D eigenvalue weighted by Gasteiger charge is 2.25. The van der Waals surface area contributed by atoms with Gasteiger partial charge in [0.05, 0.1) is 22.6 Å². The van der Waals surface area contributed by atoms with Crippen LogP contribution in [-0.2, 0) is 0 Å². The number of carbonyl (C=O) groups excluding carboxylic acids is 1. The molecule has 3 aromatic heterocycles. The molecule has 0 unspecified atom stereocenters. The molecule has 9 nitrogen and oxygen atoms in total. The first-order chi connectivity index (χ1) is 19.5.